The summed E-state index contributed by atoms with van der Waals surface area (Å²) in [4.78, 5) is 27.1. The smallest absolute Gasteiger partial charge is 0.314 e. The number of likely N-dealkylation sites (N-methyl/N-ethyl adjacent to an activating group) is 1. The molecule has 25 heavy (non-hydrogen) atoms. The quantitative estimate of drug-likeness (QED) is 0.670. The SMILES string of the molecule is CCn1c(=O)n(CC(=O)N(C)c2ccc(Br)cc2C)c2ccccc21. The third kappa shape index (κ3) is 3.14. The Hall–Kier alpha value is -2.34. The highest BCUT2D eigenvalue weighted by Gasteiger charge is 2.18. The van der Waals surface area contributed by atoms with Gasteiger partial charge < -0.3 is 4.90 Å². The van der Waals surface area contributed by atoms with Crippen LogP contribution >= 0.6 is 15.9 Å². The lowest BCUT2D eigenvalue weighted by molar-refractivity contribution is -0.118. The zero-order valence-corrected chi connectivity index (χ0v) is 16.1. The molecule has 5 nitrogen and oxygen atoms in total. The number of rotatable bonds is 4. The summed E-state index contributed by atoms with van der Waals surface area (Å²) in [6, 6.07) is 13.3. The second-order valence-corrected chi connectivity index (χ2v) is 6.90. The molecule has 0 aliphatic heterocycles. The van der Waals surface area contributed by atoms with Crippen molar-refractivity contribution in [2.24, 2.45) is 0 Å². The van der Waals surface area contributed by atoms with Gasteiger partial charge in [-0.1, -0.05) is 28.1 Å². The third-order valence-electron chi connectivity index (χ3n) is 4.43. The number of aryl methyl sites for hydroxylation is 2. The molecule has 0 aliphatic rings. The number of para-hydroxylation sites is 2. The molecule has 0 unspecified atom stereocenters. The van der Waals surface area contributed by atoms with Crippen LogP contribution in [0.3, 0.4) is 0 Å². The molecule has 1 amide bonds. The minimum absolute atomic E-state index is 0.0123. The molecule has 1 aromatic heterocycles. The number of carbonyl (C=O) groups is 1. The first-order chi connectivity index (χ1) is 11.9. The molecule has 0 saturated carbocycles. The van der Waals surface area contributed by atoms with Crippen molar-refractivity contribution in [2.75, 3.05) is 11.9 Å². The molecule has 0 atom stereocenters. The zero-order chi connectivity index (χ0) is 18.1. The van der Waals surface area contributed by atoms with Gasteiger partial charge in [0.1, 0.15) is 6.54 Å². The Labute approximate surface area is 154 Å². The summed E-state index contributed by atoms with van der Waals surface area (Å²) in [7, 11) is 1.74. The summed E-state index contributed by atoms with van der Waals surface area (Å²) < 4.78 is 4.20. The Bertz CT molecular complexity index is 1000. The van der Waals surface area contributed by atoms with E-state index in [9.17, 15) is 9.59 Å². The van der Waals surface area contributed by atoms with E-state index in [1.807, 2.05) is 56.3 Å². The van der Waals surface area contributed by atoms with Gasteiger partial charge in [0.2, 0.25) is 5.91 Å². The summed E-state index contributed by atoms with van der Waals surface area (Å²) in [6.45, 7) is 4.47. The number of halogens is 1. The third-order valence-corrected chi connectivity index (χ3v) is 4.92. The van der Waals surface area contributed by atoms with E-state index in [0.717, 1.165) is 26.8 Å². The van der Waals surface area contributed by atoms with Crippen molar-refractivity contribution in [3.63, 3.8) is 0 Å². The fraction of sp³-hybridized carbons (Fsp3) is 0.263. The van der Waals surface area contributed by atoms with Crippen LogP contribution in [0, 0.1) is 6.92 Å². The average molecular weight is 402 g/mol. The van der Waals surface area contributed by atoms with Crippen molar-refractivity contribution in [1.29, 1.82) is 0 Å². The number of aromatic nitrogens is 2. The highest BCUT2D eigenvalue weighted by molar-refractivity contribution is 9.10. The van der Waals surface area contributed by atoms with Crippen LogP contribution in [0.2, 0.25) is 0 Å². The van der Waals surface area contributed by atoms with Gasteiger partial charge >= 0.3 is 5.69 Å². The predicted molar refractivity (Wildman–Crippen MR) is 104 cm³/mol. The number of benzene rings is 2. The first-order valence-electron chi connectivity index (χ1n) is 8.14. The Morgan fingerprint density at radius 2 is 1.76 bits per heavy atom. The lowest BCUT2D eigenvalue weighted by Gasteiger charge is -2.20. The van der Waals surface area contributed by atoms with Gasteiger partial charge in [-0.15, -0.1) is 0 Å². The van der Waals surface area contributed by atoms with Gasteiger partial charge in [-0.05, 0) is 49.7 Å². The van der Waals surface area contributed by atoms with Crippen molar-refractivity contribution in [1.82, 2.24) is 9.13 Å². The number of carbonyl (C=O) groups excluding carboxylic acids is 1. The van der Waals surface area contributed by atoms with Gasteiger partial charge in [0.25, 0.3) is 0 Å². The average Bonchev–Trinajstić information content (AvgIpc) is 2.86. The predicted octanol–water partition coefficient (Wildman–Crippen LogP) is 3.56. The number of amides is 1. The molecule has 0 bridgehead atoms. The fourth-order valence-electron chi connectivity index (χ4n) is 3.10. The Morgan fingerprint density at radius 1 is 1.12 bits per heavy atom. The van der Waals surface area contributed by atoms with Crippen LogP contribution in [0.1, 0.15) is 12.5 Å². The number of hydrogen-bond donors (Lipinski definition) is 0. The molecule has 6 heteroatoms. The molecule has 0 fully saturated rings. The summed E-state index contributed by atoms with van der Waals surface area (Å²) in [5.74, 6) is -0.133. The van der Waals surface area contributed by atoms with Crippen molar-refractivity contribution >= 4 is 38.6 Å². The standard InChI is InChI=1S/C19H20BrN3O2/c1-4-22-16-7-5-6-8-17(16)23(19(22)25)12-18(24)21(3)15-10-9-14(20)11-13(15)2/h5-11H,4,12H2,1-3H3. The normalized spacial score (nSPS) is 11.0. The van der Waals surface area contributed by atoms with E-state index in [2.05, 4.69) is 15.9 Å². The van der Waals surface area contributed by atoms with E-state index in [1.54, 1.807) is 21.1 Å². The molecular formula is C19H20BrN3O2. The van der Waals surface area contributed by atoms with Crippen LogP contribution in [0.15, 0.2) is 51.7 Å². The van der Waals surface area contributed by atoms with Gasteiger partial charge in [0.05, 0.1) is 11.0 Å². The maximum atomic E-state index is 12.8. The largest absolute Gasteiger partial charge is 0.329 e. The second kappa shape index (κ2) is 6.88. The highest BCUT2D eigenvalue weighted by Crippen LogP contribution is 2.23. The van der Waals surface area contributed by atoms with Gasteiger partial charge in [-0.3, -0.25) is 13.9 Å². The van der Waals surface area contributed by atoms with Gasteiger partial charge in [0.15, 0.2) is 0 Å². The van der Waals surface area contributed by atoms with Crippen LogP contribution in [0.25, 0.3) is 11.0 Å². The van der Waals surface area contributed by atoms with Crippen LogP contribution in [-0.4, -0.2) is 22.1 Å². The summed E-state index contributed by atoms with van der Waals surface area (Å²) in [6.07, 6.45) is 0. The fourth-order valence-corrected chi connectivity index (χ4v) is 3.58. The lowest BCUT2D eigenvalue weighted by Crippen LogP contribution is -2.34. The maximum Gasteiger partial charge on any atom is 0.329 e. The van der Waals surface area contributed by atoms with Gasteiger partial charge in [-0.25, -0.2) is 4.79 Å². The molecule has 0 radical (unpaired) electrons. The van der Waals surface area contributed by atoms with E-state index >= 15 is 0 Å². The molecule has 130 valence electrons. The molecule has 0 aliphatic carbocycles. The zero-order valence-electron chi connectivity index (χ0n) is 14.5. The molecule has 1 heterocycles. The molecule has 3 rings (SSSR count). The van der Waals surface area contributed by atoms with Crippen LogP contribution < -0.4 is 10.6 Å². The van der Waals surface area contributed by atoms with E-state index in [0.29, 0.717) is 6.54 Å². The molecule has 0 N–H and O–H groups in total. The second-order valence-electron chi connectivity index (χ2n) is 5.99. The van der Waals surface area contributed by atoms with E-state index in [4.69, 9.17) is 0 Å². The van der Waals surface area contributed by atoms with Crippen molar-refractivity contribution in [3.8, 4) is 0 Å². The number of imidazole rings is 1. The Balaban J connectivity index is 1.97. The van der Waals surface area contributed by atoms with E-state index < -0.39 is 0 Å². The van der Waals surface area contributed by atoms with E-state index in [-0.39, 0.29) is 18.1 Å². The molecule has 0 spiro atoms. The lowest BCUT2D eigenvalue weighted by atomic mass is 10.2. The highest BCUT2D eigenvalue weighted by atomic mass is 79.9. The first kappa shape index (κ1) is 17.5. The van der Waals surface area contributed by atoms with Gasteiger partial charge in [0, 0.05) is 23.8 Å². The first-order valence-corrected chi connectivity index (χ1v) is 8.94. The monoisotopic (exact) mass is 401 g/mol. The topological polar surface area (TPSA) is 47.2 Å². The van der Waals surface area contributed by atoms with E-state index in [1.165, 1.54) is 0 Å². The Morgan fingerprint density at radius 3 is 2.36 bits per heavy atom. The molecule has 2 aromatic carbocycles. The van der Waals surface area contributed by atoms with Crippen molar-refractivity contribution in [2.45, 2.75) is 26.9 Å². The number of fused-ring (bicyclic) bond motifs is 1. The minimum atomic E-state index is -0.155. The van der Waals surface area contributed by atoms with Crippen molar-refractivity contribution < 1.29 is 4.79 Å². The Kier molecular flexibility index (Phi) is 4.81. The van der Waals surface area contributed by atoms with Crippen LogP contribution in [0.5, 0.6) is 0 Å². The van der Waals surface area contributed by atoms with Crippen LogP contribution in [0.4, 0.5) is 5.69 Å². The summed E-state index contributed by atoms with van der Waals surface area (Å²) >= 11 is 3.43. The number of anilines is 1. The van der Waals surface area contributed by atoms with Crippen molar-refractivity contribution in [3.05, 3.63) is 63.0 Å². The molecular weight excluding hydrogens is 382 g/mol. The van der Waals surface area contributed by atoms with Crippen LogP contribution in [-0.2, 0) is 17.9 Å². The molecule has 0 saturated heterocycles. The molecule has 3 aromatic rings. The summed E-state index contributed by atoms with van der Waals surface area (Å²) in [5, 5.41) is 0. The summed E-state index contributed by atoms with van der Waals surface area (Å²) in [5.41, 5.74) is 3.31. The minimum Gasteiger partial charge on any atom is -0.314 e. The van der Waals surface area contributed by atoms with Gasteiger partial charge in [-0.2, -0.15) is 0 Å². The maximum absolute atomic E-state index is 12.8. The number of nitrogens with zero attached hydrogens (tertiary/aromatic N) is 3. The number of hydrogen-bond acceptors (Lipinski definition) is 2.